The van der Waals surface area contributed by atoms with Gasteiger partial charge in [0.1, 0.15) is 29.0 Å². The normalized spacial score (nSPS) is 12.5. The molecular weight excluding hydrogens is 649 g/mol. The number of aromatic hydroxyl groups is 1. The number of aromatic amines is 4. The van der Waals surface area contributed by atoms with E-state index >= 15 is 0 Å². The molecule has 9 aromatic rings. The number of phenolic OH excluding ortho intramolecular Hbond substituents is 1. The van der Waals surface area contributed by atoms with Crippen LogP contribution in [0.15, 0.2) is 109 Å². The molecule has 11 nitrogen and oxygen atoms in total. The molecule has 0 saturated carbocycles. The lowest BCUT2D eigenvalue weighted by atomic mass is 9.76. The molecule has 0 saturated heterocycles. The van der Waals surface area contributed by atoms with Gasteiger partial charge in [-0.25, -0.2) is 19.9 Å². The zero-order chi connectivity index (χ0) is 35.5. The fraction of sp³-hybridized carbons (Fsp3) is 0.171. The zero-order valence-corrected chi connectivity index (χ0v) is 28.6. The van der Waals surface area contributed by atoms with E-state index in [9.17, 15) is 5.11 Å². The van der Waals surface area contributed by atoms with Crippen LogP contribution in [0.1, 0.15) is 40.0 Å². The molecule has 4 aromatic heterocycles. The van der Waals surface area contributed by atoms with Crippen LogP contribution in [-0.4, -0.2) is 45.0 Å². The Labute approximate surface area is 298 Å². The fourth-order valence-electron chi connectivity index (χ4n) is 7.60. The van der Waals surface area contributed by atoms with Crippen LogP contribution in [0.5, 0.6) is 5.75 Å². The van der Waals surface area contributed by atoms with Crippen molar-refractivity contribution in [2.45, 2.75) is 43.7 Å². The molecule has 0 atom stereocenters. The van der Waals surface area contributed by atoms with Crippen molar-refractivity contribution in [3.63, 3.8) is 0 Å². The maximum atomic E-state index is 12.6. The number of phenols is 1. The van der Waals surface area contributed by atoms with Crippen molar-refractivity contribution in [2.24, 2.45) is 11.5 Å². The fourth-order valence-corrected chi connectivity index (χ4v) is 7.60. The summed E-state index contributed by atoms with van der Waals surface area (Å²) in [4.78, 5) is 33.3. The summed E-state index contributed by atoms with van der Waals surface area (Å²) in [6, 6.07) is 35.4. The maximum absolute atomic E-state index is 12.6. The van der Waals surface area contributed by atoms with Crippen LogP contribution in [-0.2, 0) is 36.8 Å². The average molecular weight is 687 g/mol. The topological polar surface area (TPSA) is 187 Å². The van der Waals surface area contributed by atoms with E-state index in [1.165, 1.54) is 0 Å². The largest absolute Gasteiger partial charge is 0.507 e. The van der Waals surface area contributed by atoms with Crippen molar-refractivity contribution >= 4 is 44.1 Å². The van der Waals surface area contributed by atoms with Gasteiger partial charge in [-0.05, 0) is 55.5 Å². The summed E-state index contributed by atoms with van der Waals surface area (Å²) in [7, 11) is 0. The second-order valence-electron chi connectivity index (χ2n) is 14.0. The quantitative estimate of drug-likeness (QED) is 0.0857. The molecule has 0 aliphatic carbocycles. The Morgan fingerprint density at radius 1 is 0.481 bits per heavy atom. The third kappa shape index (κ3) is 5.75. The highest BCUT2D eigenvalue weighted by Gasteiger charge is 2.39. The summed E-state index contributed by atoms with van der Waals surface area (Å²) in [6.45, 7) is 2.00. The number of aryl methyl sites for hydroxylation is 1. The highest BCUT2D eigenvalue weighted by Crippen LogP contribution is 2.42. The van der Waals surface area contributed by atoms with Crippen LogP contribution < -0.4 is 11.5 Å². The summed E-state index contributed by atoms with van der Waals surface area (Å²) in [5.74, 6) is 2.82. The standard InChI is InChI=1S/C41H38N10O/c1-24-18-25(40(42,20-35-44-27-10-2-3-11-28(27)45-35)21-36-46-29-12-4-5-13-30(29)47-36)39(52)26(19-24)41(43,22-37-48-31-14-6-7-15-32(31)49-37)23-38-50-33-16-8-9-17-34(33)51-38/h2-19,52H,20-23,42-43H2,1H3,(H,44,45)(H,46,47)(H,48,49)(H,50,51). The Morgan fingerprint density at radius 2 is 0.750 bits per heavy atom. The highest BCUT2D eigenvalue weighted by atomic mass is 16.3. The number of H-pyrrole nitrogens is 4. The SMILES string of the molecule is Cc1cc(C(N)(Cc2nc3ccccc3[nH]2)Cc2nc3ccccc3[nH]2)c(O)c(C(N)(Cc2nc3ccccc3[nH]2)Cc2nc3ccccc3[nH]2)c1. The van der Waals surface area contributed by atoms with Crippen LogP contribution in [0.25, 0.3) is 44.1 Å². The first-order valence-corrected chi connectivity index (χ1v) is 17.4. The van der Waals surface area contributed by atoms with Gasteiger partial charge in [-0.15, -0.1) is 0 Å². The van der Waals surface area contributed by atoms with Crippen molar-refractivity contribution in [2.75, 3.05) is 0 Å². The second kappa shape index (κ2) is 12.2. The predicted molar refractivity (Wildman–Crippen MR) is 204 cm³/mol. The van der Waals surface area contributed by atoms with E-state index in [4.69, 9.17) is 31.4 Å². The van der Waals surface area contributed by atoms with Gasteiger partial charge in [-0.2, -0.15) is 0 Å². The molecule has 0 aliphatic rings. The van der Waals surface area contributed by atoms with Gasteiger partial charge in [0.15, 0.2) is 0 Å². The van der Waals surface area contributed by atoms with Crippen LogP contribution in [0.4, 0.5) is 0 Å². The Kier molecular flexibility index (Phi) is 7.42. The lowest BCUT2D eigenvalue weighted by molar-refractivity contribution is 0.358. The van der Waals surface area contributed by atoms with Gasteiger partial charge >= 0.3 is 0 Å². The minimum atomic E-state index is -1.16. The molecule has 52 heavy (non-hydrogen) atoms. The summed E-state index contributed by atoms with van der Waals surface area (Å²) < 4.78 is 0. The van der Waals surface area contributed by atoms with Crippen molar-refractivity contribution in [1.82, 2.24) is 39.9 Å². The van der Waals surface area contributed by atoms with E-state index in [0.717, 1.165) is 49.7 Å². The molecule has 258 valence electrons. The first-order chi connectivity index (χ1) is 25.2. The van der Waals surface area contributed by atoms with E-state index in [1.54, 1.807) is 0 Å². The molecule has 0 spiro atoms. The Bertz CT molecular complexity index is 2270. The number of fused-ring (bicyclic) bond motifs is 4. The number of para-hydroxylation sites is 8. The van der Waals surface area contributed by atoms with E-state index in [2.05, 4.69) is 19.9 Å². The van der Waals surface area contributed by atoms with E-state index in [-0.39, 0.29) is 5.75 Å². The molecule has 0 aliphatic heterocycles. The summed E-state index contributed by atoms with van der Waals surface area (Å²) >= 11 is 0. The van der Waals surface area contributed by atoms with E-state index in [1.807, 2.05) is 116 Å². The van der Waals surface area contributed by atoms with Crippen LogP contribution in [0.3, 0.4) is 0 Å². The molecule has 0 fully saturated rings. The van der Waals surface area contributed by atoms with Gasteiger partial charge in [0.2, 0.25) is 0 Å². The average Bonchev–Trinajstić information content (AvgIpc) is 3.92. The molecule has 0 radical (unpaired) electrons. The first kappa shape index (κ1) is 31.7. The van der Waals surface area contributed by atoms with Gasteiger partial charge in [0.05, 0.1) is 55.2 Å². The monoisotopic (exact) mass is 686 g/mol. The van der Waals surface area contributed by atoms with E-state index < -0.39 is 11.1 Å². The number of aromatic nitrogens is 8. The number of hydrogen-bond acceptors (Lipinski definition) is 7. The third-order valence-corrected chi connectivity index (χ3v) is 10.0. The van der Waals surface area contributed by atoms with Gasteiger partial charge in [0, 0.05) is 36.8 Å². The number of hydrogen-bond donors (Lipinski definition) is 7. The lowest BCUT2D eigenvalue weighted by Crippen LogP contribution is -2.45. The first-order valence-electron chi connectivity index (χ1n) is 17.4. The zero-order valence-electron chi connectivity index (χ0n) is 28.6. The minimum Gasteiger partial charge on any atom is -0.507 e. The minimum absolute atomic E-state index is 0.0232. The number of imidazole rings is 4. The number of benzene rings is 5. The molecule has 9 N–H and O–H groups in total. The van der Waals surface area contributed by atoms with Crippen molar-refractivity contribution < 1.29 is 5.11 Å². The van der Waals surface area contributed by atoms with Crippen LogP contribution in [0, 0.1) is 6.92 Å². The molecular formula is C41H38N10O. The maximum Gasteiger partial charge on any atom is 0.125 e. The van der Waals surface area contributed by atoms with Gasteiger partial charge in [0.25, 0.3) is 0 Å². The summed E-state index contributed by atoms with van der Waals surface area (Å²) in [6.07, 6.45) is 1.17. The Morgan fingerprint density at radius 3 is 1.02 bits per heavy atom. The molecule has 4 heterocycles. The second-order valence-corrected chi connectivity index (χ2v) is 14.0. The Hall–Kier alpha value is -6.30. The highest BCUT2D eigenvalue weighted by molar-refractivity contribution is 5.77. The van der Waals surface area contributed by atoms with E-state index in [0.29, 0.717) is 60.1 Å². The Balaban J connectivity index is 1.19. The van der Waals surface area contributed by atoms with Crippen LogP contribution >= 0.6 is 0 Å². The van der Waals surface area contributed by atoms with Crippen molar-refractivity contribution in [3.05, 3.63) is 149 Å². The van der Waals surface area contributed by atoms with Gasteiger partial charge in [-0.3, -0.25) is 0 Å². The van der Waals surface area contributed by atoms with Crippen LogP contribution in [0.2, 0.25) is 0 Å². The number of nitrogens with one attached hydrogen (secondary N) is 4. The molecule has 0 bridgehead atoms. The predicted octanol–water partition coefficient (Wildman–Crippen LogP) is 6.48. The summed E-state index contributed by atoms with van der Waals surface area (Å²) in [5.41, 5.74) is 21.8. The molecule has 9 rings (SSSR count). The number of nitrogens with zero attached hydrogens (tertiary/aromatic N) is 4. The number of rotatable bonds is 10. The molecule has 0 amide bonds. The molecule has 11 heteroatoms. The van der Waals surface area contributed by atoms with Gasteiger partial charge < -0.3 is 36.5 Å². The number of nitrogens with two attached hydrogens (primary N) is 2. The smallest absolute Gasteiger partial charge is 0.125 e. The molecule has 0 unspecified atom stereocenters. The lowest BCUT2D eigenvalue weighted by Gasteiger charge is -2.35. The third-order valence-electron chi connectivity index (χ3n) is 10.0. The van der Waals surface area contributed by atoms with Crippen molar-refractivity contribution in [3.8, 4) is 5.75 Å². The molecule has 5 aromatic carbocycles. The van der Waals surface area contributed by atoms with Crippen molar-refractivity contribution in [1.29, 1.82) is 0 Å². The summed E-state index contributed by atoms with van der Waals surface area (Å²) in [5, 5.41) is 12.6. The van der Waals surface area contributed by atoms with Gasteiger partial charge in [-0.1, -0.05) is 66.2 Å².